The molecule has 4 nitrogen and oxygen atoms in total. The highest BCUT2D eigenvalue weighted by molar-refractivity contribution is 6.37. The van der Waals surface area contributed by atoms with Gasteiger partial charge in [0.2, 0.25) is 0 Å². The second-order valence-electron chi connectivity index (χ2n) is 5.95. The molecule has 0 bridgehead atoms. The standard InChI is InChI=1S/C21H15Cl2FO4/c1-27-19-7-6-16(9-13(19)8-12-2-4-15(24)5-3-12)28-20-17(22)10-14(21(25)26)11-18(20)23/h2-7,9-11H,8H2,1H3,(H,25,26). The van der Waals surface area contributed by atoms with Crippen LogP contribution in [-0.2, 0) is 6.42 Å². The van der Waals surface area contributed by atoms with Crippen LogP contribution in [0.1, 0.15) is 21.5 Å². The van der Waals surface area contributed by atoms with Crippen LogP contribution in [0.5, 0.6) is 17.2 Å². The maximum Gasteiger partial charge on any atom is 0.335 e. The van der Waals surface area contributed by atoms with Gasteiger partial charge in [0.15, 0.2) is 5.75 Å². The summed E-state index contributed by atoms with van der Waals surface area (Å²) in [6.07, 6.45) is 0.500. The van der Waals surface area contributed by atoms with Gasteiger partial charge in [0, 0.05) is 12.0 Å². The molecule has 7 heteroatoms. The third kappa shape index (κ3) is 4.55. The van der Waals surface area contributed by atoms with Crippen molar-refractivity contribution in [3.63, 3.8) is 0 Å². The van der Waals surface area contributed by atoms with Crippen molar-refractivity contribution in [2.24, 2.45) is 0 Å². The van der Waals surface area contributed by atoms with Gasteiger partial charge in [-0.1, -0.05) is 35.3 Å². The molecule has 0 atom stereocenters. The fourth-order valence-corrected chi connectivity index (χ4v) is 3.24. The Hall–Kier alpha value is -2.76. The van der Waals surface area contributed by atoms with Crippen molar-refractivity contribution in [1.82, 2.24) is 0 Å². The van der Waals surface area contributed by atoms with E-state index in [1.54, 1.807) is 37.4 Å². The predicted molar refractivity (Wildman–Crippen MR) is 106 cm³/mol. The lowest BCUT2D eigenvalue weighted by Crippen LogP contribution is -1.98. The lowest BCUT2D eigenvalue weighted by Gasteiger charge is -2.14. The van der Waals surface area contributed by atoms with Crippen LogP contribution >= 0.6 is 23.2 Å². The highest BCUT2D eigenvalue weighted by Crippen LogP contribution is 2.38. The minimum Gasteiger partial charge on any atom is -0.496 e. The van der Waals surface area contributed by atoms with E-state index in [0.717, 1.165) is 11.1 Å². The molecular weight excluding hydrogens is 406 g/mol. The van der Waals surface area contributed by atoms with Gasteiger partial charge < -0.3 is 14.6 Å². The molecule has 144 valence electrons. The molecule has 0 heterocycles. The molecule has 3 aromatic rings. The summed E-state index contributed by atoms with van der Waals surface area (Å²) in [5, 5.41) is 9.24. The van der Waals surface area contributed by atoms with Crippen LogP contribution in [0.4, 0.5) is 4.39 Å². The largest absolute Gasteiger partial charge is 0.496 e. The molecule has 0 aliphatic heterocycles. The zero-order valence-corrected chi connectivity index (χ0v) is 16.2. The summed E-state index contributed by atoms with van der Waals surface area (Å²) in [4.78, 5) is 11.1. The van der Waals surface area contributed by atoms with Crippen molar-refractivity contribution in [3.8, 4) is 17.2 Å². The van der Waals surface area contributed by atoms with Crippen LogP contribution in [0.3, 0.4) is 0 Å². The quantitative estimate of drug-likeness (QED) is 0.513. The maximum atomic E-state index is 13.1. The smallest absolute Gasteiger partial charge is 0.335 e. The minimum absolute atomic E-state index is 0.0333. The molecule has 0 saturated carbocycles. The van der Waals surface area contributed by atoms with Gasteiger partial charge >= 0.3 is 5.97 Å². The van der Waals surface area contributed by atoms with Gasteiger partial charge in [-0.3, -0.25) is 0 Å². The van der Waals surface area contributed by atoms with Crippen molar-refractivity contribution in [2.45, 2.75) is 6.42 Å². The highest BCUT2D eigenvalue weighted by Gasteiger charge is 2.15. The normalized spacial score (nSPS) is 10.6. The number of carboxylic acids is 1. The number of benzene rings is 3. The lowest BCUT2D eigenvalue weighted by atomic mass is 10.0. The van der Waals surface area contributed by atoms with E-state index >= 15 is 0 Å². The van der Waals surface area contributed by atoms with Crippen LogP contribution in [0.15, 0.2) is 54.6 Å². The molecule has 0 spiro atoms. The average Bonchev–Trinajstić information content (AvgIpc) is 2.66. The number of halogens is 3. The Morgan fingerprint density at radius 3 is 2.25 bits per heavy atom. The van der Waals surface area contributed by atoms with Crippen LogP contribution in [0, 0.1) is 5.82 Å². The number of hydrogen-bond donors (Lipinski definition) is 1. The summed E-state index contributed by atoms with van der Waals surface area (Å²) < 4.78 is 24.3. The lowest BCUT2D eigenvalue weighted by molar-refractivity contribution is 0.0697. The molecule has 0 aliphatic carbocycles. The SMILES string of the molecule is COc1ccc(Oc2c(Cl)cc(C(=O)O)cc2Cl)cc1Cc1ccc(F)cc1. The number of methoxy groups -OCH3 is 1. The van der Waals surface area contributed by atoms with Crippen molar-refractivity contribution >= 4 is 29.2 Å². The zero-order valence-electron chi connectivity index (χ0n) is 14.7. The summed E-state index contributed by atoms with van der Waals surface area (Å²) in [5.41, 5.74) is 1.69. The van der Waals surface area contributed by atoms with Gasteiger partial charge in [-0.15, -0.1) is 0 Å². The molecule has 0 radical (unpaired) electrons. The van der Waals surface area contributed by atoms with E-state index in [-0.39, 0.29) is 27.2 Å². The molecule has 0 amide bonds. The average molecular weight is 421 g/mol. The zero-order chi connectivity index (χ0) is 20.3. The van der Waals surface area contributed by atoms with Crippen LogP contribution in [0.2, 0.25) is 10.0 Å². The topological polar surface area (TPSA) is 55.8 Å². The fourth-order valence-electron chi connectivity index (χ4n) is 2.68. The van der Waals surface area contributed by atoms with Crippen molar-refractivity contribution in [2.75, 3.05) is 7.11 Å². The fraction of sp³-hybridized carbons (Fsp3) is 0.0952. The third-order valence-electron chi connectivity index (χ3n) is 4.02. The Labute approximate surface area is 171 Å². The van der Waals surface area contributed by atoms with Gasteiger partial charge in [-0.2, -0.15) is 0 Å². The Morgan fingerprint density at radius 2 is 1.68 bits per heavy atom. The second-order valence-corrected chi connectivity index (χ2v) is 6.77. The summed E-state index contributed by atoms with van der Waals surface area (Å²) in [5.74, 6) is -0.186. The van der Waals surface area contributed by atoms with Crippen molar-refractivity contribution < 1.29 is 23.8 Å². The molecular formula is C21H15Cl2FO4. The molecule has 0 aromatic heterocycles. The Morgan fingerprint density at radius 1 is 1.04 bits per heavy atom. The summed E-state index contributed by atoms with van der Waals surface area (Å²) in [7, 11) is 1.56. The van der Waals surface area contributed by atoms with E-state index < -0.39 is 5.97 Å². The van der Waals surface area contributed by atoms with Gasteiger partial charge in [0.05, 0.1) is 22.7 Å². The highest BCUT2D eigenvalue weighted by atomic mass is 35.5. The van der Waals surface area contributed by atoms with E-state index in [9.17, 15) is 9.18 Å². The molecule has 0 unspecified atom stereocenters. The van der Waals surface area contributed by atoms with E-state index in [2.05, 4.69) is 0 Å². The van der Waals surface area contributed by atoms with Gasteiger partial charge in [-0.05, 0) is 48.0 Å². The molecule has 28 heavy (non-hydrogen) atoms. The van der Waals surface area contributed by atoms with Gasteiger partial charge in [0.25, 0.3) is 0 Å². The van der Waals surface area contributed by atoms with Crippen LogP contribution < -0.4 is 9.47 Å². The van der Waals surface area contributed by atoms with Gasteiger partial charge in [0.1, 0.15) is 17.3 Å². The number of hydrogen-bond acceptors (Lipinski definition) is 3. The van der Waals surface area contributed by atoms with Crippen molar-refractivity contribution in [3.05, 3.63) is 87.2 Å². The van der Waals surface area contributed by atoms with E-state index in [1.165, 1.54) is 24.3 Å². The first-order valence-corrected chi connectivity index (χ1v) is 8.94. The van der Waals surface area contributed by atoms with E-state index in [4.69, 9.17) is 37.8 Å². The number of rotatable bonds is 6. The first-order valence-electron chi connectivity index (χ1n) is 8.19. The van der Waals surface area contributed by atoms with E-state index in [0.29, 0.717) is 17.9 Å². The Bertz CT molecular complexity index is 996. The minimum atomic E-state index is -1.14. The first-order chi connectivity index (χ1) is 13.4. The van der Waals surface area contributed by atoms with E-state index in [1.807, 2.05) is 0 Å². The molecule has 3 rings (SSSR count). The summed E-state index contributed by atoms with van der Waals surface area (Å²) >= 11 is 12.3. The maximum absolute atomic E-state index is 13.1. The van der Waals surface area contributed by atoms with Crippen LogP contribution in [-0.4, -0.2) is 18.2 Å². The third-order valence-corrected chi connectivity index (χ3v) is 4.59. The molecule has 0 aliphatic rings. The van der Waals surface area contributed by atoms with Gasteiger partial charge in [-0.25, -0.2) is 9.18 Å². The Kier molecular flexibility index (Phi) is 6.07. The van der Waals surface area contributed by atoms with Crippen molar-refractivity contribution in [1.29, 1.82) is 0 Å². The van der Waals surface area contributed by atoms with Crippen LogP contribution in [0.25, 0.3) is 0 Å². The second kappa shape index (κ2) is 8.50. The molecule has 1 N–H and O–H groups in total. The molecule has 0 saturated heterocycles. The number of aromatic carboxylic acids is 1. The summed E-state index contributed by atoms with van der Waals surface area (Å²) in [6, 6.07) is 13.9. The molecule has 0 fully saturated rings. The Balaban J connectivity index is 1.91. The monoisotopic (exact) mass is 420 g/mol. The molecule has 3 aromatic carbocycles. The summed E-state index contributed by atoms with van der Waals surface area (Å²) in [6.45, 7) is 0. The number of ether oxygens (including phenoxy) is 2. The predicted octanol–water partition coefficient (Wildman–Crippen LogP) is 6.22. The number of carboxylic acid groups (broad SMARTS) is 1. The number of carbonyl (C=O) groups is 1. The first kappa shape index (κ1) is 20.0.